The van der Waals surface area contributed by atoms with Crippen LogP contribution in [0, 0.1) is 0 Å². The fourth-order valence-corrected chi connectivity index (χ4v) is 2.73. The van der Waals surface area contributed by atoms with Crippen molar-refractivity contribution in [2.45, 2.75) is 32.1 Å². The van der Waals surface area contributed by atoms with Crippen LogP contribution in [0.3, 0.4) is 0 Å². The standard InChI is InChI=1S/C14H29N3O2/c1-12(2)17-5-7-19-14(11-17)9-15-8-13-10-16(3)4-6-18-13/h12-15H,4-11H2,1-3H3. The average molecular weight is 271 g/mol. The molecule has 0 spiro atoms. The zero-order valence-corrected chi connectivity index (χ0v) is 12.6. The predicted molar refractivity (Wildman–Crippen MR) is 76.6 cm³/mol. The largest absolute Gasteiger partial charge is 0.374 e. The third kappa shape index (κ3) is 5.00. The molecule has 2 unspecified atom stereocenters. The predicted octanol–water partition coefficient (Wildman–Crippen LogP) is 0.0158. The lowest BCUT2D eigenvalue weighted by Gasteiger charge is -2.36. The van der Waals surface area contributed by atoms with Crippen molar-refractivity contribution in [3.63, 3.8) is 0 Å². The van der Waals surface area contributed by atoms with Gasteiger partial charge in [-0.05, 0) is 20.9 Å². The fraction of sp³-hybridized carbons (Fsp3) is 1.00. The Hall–Kier alpha value is -0.200. The minimum Gasteiger partial charge on any atom is -0.374 e. The van der Waals surface area contributed by atoms with Gasteiger partial charge in [0.15, 0.2) is 0 Å². The maximum absolute atomic E-state index is 5.81. The average Bonchev–Trinajstić information content (AvgIpc) is 2.39. The lowest BCUT2D eigenvalue weighted by Crippen LogP contribution is -2.51. The molecule has 2 atom stereocenters. The Balaban J connectivity index is 1.62. The third-order valence-electron chi connectivity index (χ3n) is 3.99. The number of likely N-dealkylation sites (N-methyl/N-ethyl adjacent to an activating group) is 1. The van der Waals surface area contributed by atoms with Crippen LogP contribution in [0.2, 0.25) is 0 Å². The van der Waals surface area contributed by atoms with Gasteiger partial charge in [0.25, 0.3) is 0 Å². The van der Waals surface area contributed by atoms with Crippen LogP contribution in [0.15, 0.2) is 0 Å². The highest BCUT2D eigenvalue weighted by Gasteiger charge is 2.23. The van der Waals surface area contributed by atoms with Crippen molar-refractivity contribution >= 4 is 0 Å². The third-order valence-corrected chi connectivity index (χ3v) is 3.99. The second-order valence-corrected chi connectivity index (χ2v) is 5.99. The molecule has 0 aromatic heterocycles. The van der Waals surface area contributed by atoms with Crippen LogP contribution >= 0.6 is 0 Å². The van der Waals surface area contributed by atoms with Crippen LogP contribution in [0.25, 0.3) is 0 Å². The van der Waals surface area contributed by atoms with Crippen LogP contribution in [0.5, 0.6) is 0 Å². The van der Waals surface area contributed by atoms with Crippen molar-refractivity contribution in [3.05, 3.63) is 0 Å². The van der Waals surface area contributed by atoms with E-state index in [0.29, 0.717) is 18.2 Å². The number of hydrogen-bond donors (Lipinski definition) is 1. The Bertz CT molecular complexity index is 263. The number of rotatable bonds is 5. The van der Waals surface area contributed by atoms with Gasteiger partial charge in [-0.1, -0.05) is 0 Å². The molecule has 2 saturated heterocycles. The zero-order chi connectivity index (χ0) is 13.7. The first-order valence-electron chi connectivity index (χ1n) is 7.51. The molecule has 1 N–H and O–H groups in total. The van der Waals surface area contributed by atoms with E-state index in [4.69, 9.17) is 9.47 Å². The molecular weight excluding hydrogens is 242 g/mol. The van der Waals surface area contributed by atoms with E-state index < -0.39 is 0 Å². The second-order valence-electron chi connectivity index (χ2n) is 5.99. The molecule has 0 bridgehead atoms. The summed E-state index contributed by atoms with van der Waals surface area (Å²) in [6.07, 6.45) is 0.640. The Morgan fingerprint density at radius 1 is 1.05 bits per heavy atom. The van der Waals surface area contributed by atoms with E-state index in [9.17, 15) is 0 Å². The number of nitrogens with zero attached hydrogens (tertiary/aromatic N) is 2. The number of ether oxygens (including phenoxy) is 2. The van der Waals surface area contributed by atoms with E-state index in [-0.39, 0.29) is 0 Å². The molecule has 2 fully saturated rings. The first kappa shape index (κ1) is 15.2. The molecule has 0 radical (unpaired) electrons. The van der Waals surface area contributed by atoms with Crippen molar-refractivity contribution in [1.82, 2.24) is 15.1 Å². The molecular formula is C14H29N3O2. The highest BCUT2D eigenvalue weighted by Crippen LogP contribution is 2.08. The van der Waals surface area contributed by atoms with Gasteiger partial charge in [-0.2, -0.15) is 0 Å². The Morgan fingerprint density at radius 3 is 2.32 bits per heavy atom. The van der Waals surface area contributed by atoms with Crippen molar-refractivity contribution < 1.29 is 9.47 Å². The van der Waals surface area contributed by atoms with Gasteiger partial charge in [-0.15, -0.1) is 0 Å². The highest BCUT2D eigenvalue weighted by molar-refractivity contribution is 4.77. The summed E-state index contributed by atoms with van der Waals surface area (Å²) in [7, 11) is 2.15. The number of hydrogen-bond acceptors (Lipinski definition) is 5. The van der Waals surface area contributed by atoms with E-state index in [1.54, 1.807) is 0 Å². The summed E-state index contributed by atoms with van der Waals surface area (Å²) in [6.45, 7) is 12.2. The molecule has 0 aromatic carbocycles. The molecule has 2 aliphatic rings. The van der Waals surface area contributed by atoms with E-state index in [1.165, 1.54) is 0 Å². The summed E-state index contributed by atoms with van der Waals surface area (Å²) in [6, 6.07) is 0.613. The van der Waals surface area contributed by atoms with Crippen LogP contribution in [0.4, 0.5) is 0 Å². The van der Waals surface area contributed by atoms with E-state index in [1.807, 2.05) is 0 Å². The summed E-state index contributed by atoms with van der Waals surface area (Å²) >= 11 is 0. The first-order chi connectivity index (χ1) is 9.15. The van der Waals surface area contributed by atoms with Crippen molar-refractivity contribution in [2.75, 3.05) is 59.5 Å². The SMILES string of the molecule is CC(C)N1CCOC(CNCC2CN(C)CCO2)C1. The van der Waals surface area contributed by atoms with E-state index >= 15 is 0 Å². The Kier molecular flexibility index (Phi) is 6.04. The summed E-state index contributed by atoms with van der Waals surface area (Å²) < 4.78 is 11.6. The summed E-state index contributed by atoms with van der Waals surface area (Å²) in [5.74, 6) is 0. The molecule has 0 aliphatic carbocycles. The smallest absolute Gasteiger partial charge is 0.0826 e. The van der Waals surface area contributed by atoms with E-state index in [2.05, 4.69) is 36.0 Å². The molecule has 112 valence electrons. The molecule has 2 heterocycles. The van der Waals surface area contributed by atoms with E-state index in [0.717, 1.165) is 52.5 Å². The Morgan fingerprint density at radius 2 is 1.68 bits per heavy atom. The second kappa shape index (κ2) is 7.55. The number of nitrogens with one attached hydrogen (secondary N) is 1. The van der Waals surface area contributed by atoms with Gasteiger partial charge in [0.1, 0.15) is 0 Å². The van der Waals surface area contributed by atoms with Gasteiger partial charge in [-0.25, -0.2) is 0 Å². The maximum Gasteiger partial charge on any atom is 0.0826 e. The molecule has 2 rings (SSSR count). The maximum atomic E-state index is 5.81. The van der Waals surface area contributed by atoms with Gasteiger partial charge in [0, 0.05) is 45.3 Å². The van der Waals surface area contributed by atoms with Gasteiger partial charge in [0.05, 0.1) is 25.4 Å². The first-order valence-corrected chi connectivity index (χ1v) is 7.51. The topological polar surface area (TPSA) is 37.0 Å². The van der Waals surface area contributed by atoms with Crippen molar-refractivity contribution in [2.24, 2.45) is 0 Å². The van der Waals surface area contributed by atoms with Crippen LogP contribution < -0.4 is 5.32 Å². The molecule has 5 heteroatoms. The minimum absolute atomic E-state index is 0.317. The molecule has 2 aliphatic heterocycles. The van der Waals surface area contributed by atoms with Gasteiger partial charge >= 0.3 is 0 Å². The van der Waals surface area contributed by atoms with Crippen LogP contribution in [-0.4, -0.2) is 87.6 Å². The van der Waals surface area contributed by atoms with Crippen LogP contribution in [-0.2, 0) is 9.47 Å². The monoisotopic (exact) mass is 271 g/mol. The van der Waals surface area contributed by atoms with Crippen molar-refractivity contribution in [3.8, 4) is 0 Å². The van der Waals surface area contributed by atoms with Gasteiger partial charge < -0.3 is 19.7 Å². The normalized spacial score (nSPS) is 30.9. The van der Waals surface area contributed by atoms with Gasteiger partial charge in [-0.3, -0.25) is 4.90 Å². The molecule has 0 amide bonds. The molecule has 0 aromatic rings. The lowest BCUT2D eigenvalue weighted by molar-refractivity contribution is -0.0434. The van der Waals surface area contributed by atoms with Gasteiger partial charge in [0.2, 0.25) is 0 Å². The summed E-state index contributed by atoms with van der Waals surface area (Å²) in [4.78, 5) is 4.81. The van der Waals surface area contributed by atoms with Crippen LogP contribution in [0.1, 0.15) is 13.8 Å². The quantitative estimate of drug-likeness (QED) is 0.763. The molecule has 5 nitrogen and oxygen atoms in total. The highest BCUT2D eigenvalue weighted by atomic mass is 16.5. The fourth-order valence-electron chi connectivity index (χ4n) is 2.73. The summed E-state index contributed by atoms with van der Waals surface area (Å²) in [5, 5.41) is 3.50. The van der Waals surface area contributed by atoms with Crippen molar-refractivity contribution in [1.29, 1.82) is 0 Å². The Labute approximate surface area is 117 Å². The zero-order valence-electron chi connectivity index (χ0n) is 12.6. The number of morpholine rings is 2. The summed E-state index contributed by atoms with van der Waals surface area (Å²) in [5.41, 5.74) is 0. The lowest BCUT2D eigenvalue weighted by atomic mass is 10.2. The minimum atomic E-state index is 0.317. The molecule has 0 saturated carbocycles. The molecule has 19 heavy (non-hydrogen) atoms.